The number of anilines is 1. The molecule has 0 spiro atoms. The van der Waals surface area contributed by atoms with Gasteiger partial charge in [-0.2, -0.15) is 0 Å². The average Bonchev–Trinajstić information content (AvgIpc) is 2.87. The molecule has 0 radical (unpaired) electrons. The quantitative estimate of drug-likeness (QED) is 0.900. The van der Waals surface area contributed by atoms with Crippen LogP contribution in [0.25, 0.3) is 0 Å². The number of hydrogen-bond acceptors (Lipinski definition) is 3. The molecule has 2 rings (SSSR count). The first kappa shape index (κ1) is 15.7. The highest BCUT2D eigenvalue weighted by Gasteiger charge is 2.40. The number of carboxylic acids is 1. The van der Waals surface area contributed by atoms with Crippen LogP contribution in [0.5, 0.6) is 0 Å². The number of rotatable bonds is 3. The number of nitrogens with zero attached hydrogens (tertiary/aromatic N) is 1. The number of thioether (sulfide) groups is 1. The summed E-state index contributed by atoms with van der Waals surface area (Å²) < 4.78 is 0. The number of hydrogen-bond donors (Lipinski definition) is 2. The summed E-state index contributed by atoms with van der Waals surface area (Å²) in [7, 11) is 0. The minimum absolute atomic E-state index is 0.0868. The summed E-state index contributed by atoms with van der Waals surface area (Å²) >= 11 is 1.52. The van der Waals surface area contributed by atoms with Gasteiger partial charge in [-0.15, -0.1) is 11.8 Å². The van der Waals surface area contributed by atoms with Crippen molar-refractivity contribution in [3.8, 4) is 0 Å². The summed E-state index contributed by atoms with van der Waals surface area (Å²) in [6, 6.07) is 4.71. The average molecular weight is 308 g/mol. The Kier molecular flexibility index (Phi) is 4.77. The van der Waals surface area contributed by atoms with E-state index in [0.717, 1.165) is 23.2 Å². The Hall–Kier alpha value is -1.69. The zero-order valence-electron chi connectivity index (χ0n) is 12.4. The van der Waals surface area contributed by atoms with Crippen LogP contribution in [0, 0.1) is 13.8 Å². The van der Waals surface area contributed by atoms with Crippen LogP contribution in [-0.2, 0) is 4.79 Å². The standard InChI is InChI=1S/C15H20N2O3S/c1-4-13-17(12(8-21-13)14(18)19)15(20)16-11-7-9(2)5-6-10(11)3/h5-7,12-13H,4,8H2,1-3H3,(H,16,20)(H,18,19). The molecule has 0 saturated carbocycles. The molecule has 2 N–H and O–H groups in total. The van der Waals surface area contributed by atoms with Gasteiger partial charge in [0.2, 0.25) is 0 Å². The van der Waals surface area contributed by atoms with Crippen LogP contribution in [-0.4, -0.2) is 39.2 Å². The van der Waals surface area contributed by atoms with Gasteiger partial charge in [0.25, 0.3) is 0 Å². The van der Waals surface area contributed by atoms with Crippen LogP contribution in [0.15, 0.2) is 18.2 Å². The van der Waals surface area contributed by atoms with Crippen molar-refractivity contribution in [1.82, 2.24) is 4.90 Å². The second-order valence-corrected chi connectivity index (χ2v) is 6.42. The van der Waals surface area contributed by atoms with Crippen LogP contribution in [0.3, 0.4) is 0 Å². The van der Waals surface area contributed by atoms with Gasteiger partial charge in [-0.25, -0.2) is 9.59 Å². The summed E-state index contributed by atoms with van der Waals surface area (Å²) in [6.45, 7) is 5.83. The molecule has 1 aromatic rings. The number of nitrogens with one attached hydrogen (secondary N) is 1. The smallest absolute Gasteiger partial charge is 0.327 e. The van der Waals surface area contributed by atoms with E-state index in [9.17, 15) is 14.7 Å². The normalized spacial score (nSPS) is 21.4. The lowest BCUT2D eigenvalue weighted by atomic mass is 10.1. The van der Waals surface area contributed by atoms with Crippen LogP contribution >= 0.6 is 11.8 Å². The van der Waals surface area contributed by atoms with Crippen LogP contribution in [0.1, 0.15) is 24.5 Å². The van der Waals surface area contributed by atoms with Gasteiger partial charge in [-0.1, -0.05) is 19.1 Å². The first-order chi connectivity index (χ1) is 9.93. The van der Waals surface area contributed by atoms with Crippen molar-refractivity contribution in [3.63, 3.8) is 0 Å². The van der Waals surface area contributed by atoms with Gasteiger partial charge in [0.15, 0.2) is 0 Å². The molecule has 1 aromatic carbocycles. The van der Waals surface area contributed by atoms with Crippen molar-refractivity contribution in [2.24, 2.45) is 0 Å². The van der Waals surface area contributed by atoms with E-state index >= 15 is 0 Å². The highest BCUT2D eigenvalue weighted by molar-refractivity contribution is 8.00. The first-order valence-corrected chi connectivity index (χ1v) is 8.00. The molecule has 1 aliphatic heterocycles. The van der Waals surface area contributed by atoms with Crippen LogP contribution in [0.2, 0.25) is 0 Å². The number of urea groups is 1. The van der Waals surface area contributed by atoms with E-state index in [4.69, 9.17) is 0 Å². The molecular weight excluding hydrogens is 288 g/mol. The molecule has 5 nitrogen and oxygen atoms in total. The SMILES string of the molecule is CCC1SCC(C(=O)O)N1C(=O)Nc1cc(C)ccc1C. The van der Waals surface area contributed by atoms with E-state index in [2.05, 4.69) is 5.32 Å². The van der Waals surface area contributed by atoms with Gasteiger partial charge < -0.3 is 10.4 Å². The van der Waals surface area contributed by atoms with Crippen molar-refractivity contribution < 1.29 is 14.7 Å². The predicted octanol–water partition coefficient (Wildman–Crippen LogP) is 3.07. The van der Waals surface area contributed by atoms with E-state index in [1.165, 1.54) is 16.7 Å². The molecule has 1 heterocycles. The Morgan fingerprint density at radius 1 is 1.43 bits per heavy atom. The number of carboxylic acid groups (broad SMARTS) is 1. The van der Waals surface area contributed by atoms with Gasteiger partial charge in [-0.05, 0) is 37.5 Å². The second-order valence-electron chi connectivity index (χ2n) is 5.21. The zero-order chi connectivity index (χ0) is 15.6. The number of amides is 2. The minimum Gasteiger partial charge on any atom is -0.480 e. The largest absolute Gasteiger partial charge is 0.480 e. The number of benzene rings is 1. The van der Waals surface area contributed by atoms with Gasteiger partial charge >= 0.3 is 12.0 Å². The van der Waals surface area contributed by atoms with E-state index in [-0.39, 0.29) is 11.4 Å². The number of carbonyl (C=O) groups excluding carboxylic acids is 1. The second kappa shape index (κ2) is 6.39. The molecule has 1 fully saturated rings. The Morgan fingerprint density at radius 2 is 2.14 bits per heavy atom. The maximum absolute atomic E-state index is 12.5. The molecule has 2 amide bonds. The first-order valence-electron chi connectivity index (χ1n) is 6.95. The molecule has 1 saturated heterocycles. The van der Waals surface area contributed by atoms with Crippen LogP contribution < -0.4 is 5.32 Å². The molecule has 21 heavy (non-hydrogen) atoms. The third kappa shape index (κ3) is 3.32. The molecule has 114 valence electrons. The summed E-state index contributed by atoms with van der Waals surface area (Å²) in [4.78, 5) is 25.3. The molecule has 1 aliphatic rings. The molecule has 0 aromatic heterocycles. The van der Waals surface area contributed by atoms with Crippen molar-refractivity contribution >= 4 is 29.4 Å². The Morgan fingerprint density at radius 3 is 2.76 bits per heavy atom. The lowest BCUT2D eigenvalue weighted by Crippen LogP contribution is -2.47. The van der Waals surface area contributed by atoms with Gasteiger partial charge in [0, 0.05) is 11.4 Å². The maximum atomic E-state index is 12.5. The zero-order valence-corrected chi connectivity index (χ0v) is 13.2. The van der Waals surface area contributed by atoms with E-state index in [1.807, 2.05) is 39.0 Å². The third-order valence-electron chi connectivity index (χ3n) is 3.60. The topological polar surface area (TPSA) is 69.6 Å². The van der Waals surface area contributed by atoms with Crippen molar-refractivity contribution in [3.05, 3.63) is 29.3 Å². The van der Waals surface area contributed by atoms with Gasteiger partial charge in [0.1, 0.15) is 6.04 Å². The fourth-order valence-corrected chi connectivity index (χ4v) is 3.74. The summed E-state index contributed by atoms with van der Waals surface area (Å²) in [6.07, 6.45) is 0.731. The van der Waals surface area contributed by atoms with Crippen molar-refractivity contribution in [2.75, 3.05) is 11.1 Å². The Labute approximate surface area is 128 Å². The lowest BCUT2D eigenvalue weighted by Gasteiger charge is -2.27. The van der Waals surface area contributed by atoms with E-state index in [1.54, 1.807) is 0 Å². The fourth-order valence-electron chi connectivity index (χ4n) is 2.39. The summed E-state index contributed by atoms with van der Waals surface area (Å²) in [5.74, 6) is -0.511. The highest BCUT2D eigenvalue weighted by Crippen LogP contribution is 2.32. The molecule has 6 heteroatoms. The monoisotopic (exact) mass is 308 g/mol. The van der Waals surface area contributed by atoms with E-state index in [0.29, 0.717) is 5.75 Å². The molecule has 2 unspecified atom stereocenters. The minimum atomic E-state index is -0.949. The van der Waals surface area contributed by atoms with Gasteiger partial charge in [0.05, 0.1) is 5.37 Å². The molecule has 2 atom stereocenters. The third-order valence-corrected chi connectivity index (χ3v) is 5.05. The number of carbonyl (C=O) groups is 2. The highest BCUT2D eigenvalue weighted by atomic mass is 32.2. The molecule has 0 bridgehead atoms. The molecular formula is C15H20N2O3S. The van der Waals surface area contributed by atoms with Crippen LogP contribution in [0.4, 0.5) is 10.5 Å². The number of aryl methyl sites for hydroxylation is 2. The Balaban J connectivity index is 2.21. The molecule has 0 aliphatic carbocycles. The summed E-state index contributed by atoms with van der Waals surface area (Å²) in [5, 5.41) is 12.0. The summed E-state index contributed by atoms with van der Waals surface area (Å²) in [5.41, 5.74) is 2.74. The number of aliphatic carboxylic acids is 1. The van der Waals surface area contributed by atoms with E-state index < -0.39 is 12.0 Å². The lowest BCUT2D eigenvalue weighted by molar-refractivity contribution is -0.141. The predicted molar refractivity (Wildman–Crippen MR) is 84.7 cm³/mol. The Bertz CT molecular complexity index is 562. The van der Waals surface area contributed by atoms with Crippen molar-refractivity contribution in [1.29, 1.82) is 0 Å². The van der Waals surface area contributed by atoms with Gasteiger partial charge in [-0.3, -0.25) is 4.90 Å². The van der Waals surface area contributed by atoms with Crippen molar-refractivity contribution in [2.45, 2.75) is 38.6 Å². The fraction of sp³-hybridized carbons (Fsp3) is 0.467. The maximum Gasteiger partial charge on any atom is 0.327 e.